The fraction of sp³-hybridized carbons (Fsp3) is 0. The van der Waals surface area contributed by atoms with Crippen LogP contribution in [0.25, 0.3) is 200 Å². The van der Waals surface area contributed by atoms with Crippen LogP contribution < -0.4 is 47.2 Å². The average Bonchev–Trinajstić information content (AvgIpc) is 0.709. The van der Waals surface area contributed by atoms with Crippen molar-refractivity contribution in [2.75, 3.05) is 14.4 Å². The van der Waals surface area contributed by atoms with E-state index in [0.717, 1.165) is 16.8 Å². The first-order chi connectivity index (χ1) is 74.4. The molecule has 6 aliphatic heterocycles. The van der Waals surface area contributed by atoms with Crippen molar-refractivity contribution >= 4 is 87.4 Å². The van der Waals surface area contributed by atoms with Crippen molar-refractivity contribution in [3.05, 3.63) is 565 Å². The molecule has 0 amide bonds. The quantitative estimate of drug-likeness (QED) is 0.114. The minimum absolute atomic E-state index is 0.0269. The van der Waals surface area contributed by atoms with Crippen LogP contribution in [0.4, 0.5) is 34.1 Å². The lowest BCUT2D eigenvalue weighted by Crippen LogP contribution is -2.59. The van der Waals surface area contributed by atoms with Crippen molar-refractivity contribution in [1.82, 2.24) is 15.0 Å². The number of pyridine rings is 3. The largest absolute Gasteiger partial charge is 0.376 e. The third-order valence-corrected chi connectivity index (χ3v) is 31.1. The summed E-state index contributed by atoms with van der Waals surface area (Å²) in [4.78, 5) is 20.9. The molecule has 9 heteroatoms. The number of hydrogen-bond donors (Lipinski definition) is 0. The third-order valence-electron chi connectivity index (χ3n) is 31.1. The summed E-state index contributed by atoms with van der Waals surface area (Å²) in [7, 11) is 0. The molecule has 21 aromatic carbocycles. The number of benzene rings is 21. The van der Waals surface area contributed by atoms with E-state index in [-0.39, 0.29) is 20.5 Å². The Morgan fingerprint density at radius 3 is 0.627 bits per heavy atom. The summed E-state index contributed by atoms with van der Waals surface area (Å²) >= 11 is 0. The van der Waals surface area contributed by atoms with E-state index in [2.05, 4.69) is 545 Å². The molecule has 0 spiro atoms. The van der Waals surface area contributed by atoms with Crippen LogP contribution in [0.2, 0.25) is 0 Å². The molecule has 0 atom stereocenters. The maximum atomic E-state index is 4.56. The van der Waals surface area contributed by atoms with E-state index < -0.39 is 0 Å². The highest BCUT2D eigenvalue weighted by Crippen LogP contribution is 2.54. The van der Waals surface area contributed by atoms with Crippen molar-refractivity contribution in [3.8, 4) is 200 Å². The van der Waals surface area contributed by atoms with Crippen LogP contribution in [0.1, 0.15) is 0 Å². The van der Waals surface area contributed by atoms with Gasteiger partial charge in [0.25, 0.3) is 0 Å². The lowest BCUT2D eigenvalue weighted by Gasteiger charge is -2.43. The first kappa shape index (κ1) is 88.4. The highest BCUT2D eigenvalue weighted by molar-refractivity contribution is 6.94. The molecule has 150 heavy (non-hydrogen) atoms. The van der Waals surface area contributed by atoms with Crippen LogP contribution >= 0.6 is 0 Å². The molecule has 0 saturated heterocycles. The van der Waals surface area contributed by atoms with Gasteiger partial charge in [-0.2, -0.15) is 0 Å². The van der Waals surface area contributed by atoms with Gasteiger partial charge >= 0.3 is 20.5 Å². The van der Waals surface area contributed by atoms with Gasteiger partial charge in [0.05, 0.1) is 5.69 Å². The molecule has 30 rings (SSSR count). The fourth-order valence-electron chi connectivity index (χ4n) is 23.9. The van der Waals surface area contributed by atoms with Crippen molar-refractivity contribution < 1.29 is 0 Å². The number of hydrogen-bond acceptors (Lipinski definition) is 6. The van der Waals surface area contributed by atoms with Crippen LogP contribution in [-0.2, 0) is 0 Å². The van der Waals surface area contributed by atoms with Gasteiger partial charge in [0.15, 0.2) is 0 Å². The predicted octanol–water partition coefficient (Wildman–Crippen LogP) is 32.0. The van der Waals surface area contributed by atoms with Crippen LogP contribution in [0.3, 0.4) is 0 Å². The standard InChI is InChI=1S/3C47H31BN2/c1-3-11-32(12-4-1)36-23-26-46-41(29-36)39-15-7-8-16-43(39)48-44-31-38(34-18-20-35(21-19-34)45-17-9-10-28-49-45)22-25-40(44)42-30-37(24-27-47(42)50(46)48)33-13-5-2-6-14-33;1-3-10-32(11-4-1)36-22-25-46-42(28-36)40-15-7-8-16-44(40)48-45-30-38(34-17-19-35(20-18-34)39-14-9-27-49-31-39)21-24-41(45)43-29-37(23-26-47(43)50(46)48)33-12-5-2-6-13-33;1-3-9-32(10-4-1)37-20-23-46-42(29-37)40-13-7-8-14-44(40)48-45-31-39(35-17-15-34(16-18-35)36-25-27-49-28-26-36)19-22-41(45)43-30-38(21-24-47(43)50(46)48)33-11-5-2-6-12-33/h3*1-31H. The second-order valence-corrected chi connectivity index (χ2v) is 39.5. The fourth-order valence-corrected chi connectivity index (χ4v) is 23.9. The van der Waals surface area contributed by atoms with E-state index in [1.807, 2.05) is 49.2 Å². The lowest BCUT2D eigenvalue weighted by molar-refractivity contribution is 1.33. The molecule has 6 nitrogen and oxygen atoms in total. The molecule has 0 N–H and O–H groups in total. The Balaban J connectivity index is 0.000000108. The third kappa shape index (κ3) is 15.8. The lowest BCUT2D eigenvalue weighted by atomic mass is 9.43. The Labute approximate surface area is 875 Å². The zero-order chi connectivity index (χ0) is 99.1. The summed E-state index contributed by atoms with van der Waals surface area (Å²) in [6, 6.07) is 195. The SMILES string of the molecule is c1ccc(-c2ccc3c(c2)-c2ccccc2B2c4cc(-c5ccc(-c6ccccn6)cc5)ccc4-c4cc(-c5ccccc5)ccc4N23)cc1.c1ccc(-c2ccc3c(c2)-c2ccccc2B2c4cc(-c5ccc(-c6cccnc6)cc5)ccc4-c4cc(-c5ccccc5)ccc4N23)cc1.c1ccc(-c2ccc3c(c2)-c2ccccc2B2c4cc(-c5ccc(-c6ccncc6)cc5)ccc4-c4cc(-c5ccccc5)ccc4N23)cc1. The highest BCUT2D eigenvalue weighted by Gasteiger charge is 2.47. The normalized spacial score (nSPS) is 12.3. The zero-order valence-electron chi connectivity index (χ0n) is 82.1. The van der Waals surface area contributed by atoms with E-state index in [1.54, 1.807) is 0 Å². The summed E-state index contributed by atoms with van der Waals surface area (Å²) in [6.07, 6.45) is 9.29. The summed E-state index contributed by atoms with van der Waals surface area (Å²) < 4.78 is 0. The van der Waals surface area contributed by atoms with Gasteiger partial charge in [-0.15, -0.1) is 0 Å². The van der Waals surface area contributed by atoms with Crippen LogP contribution in [0.15, 0.2) is 565 Å². The summed E-state index contributed by atoms with van der Waals surface area (Å²) in [5.74, 6) is 0. The predicted molar refractivity (Wildman–Crippen MR) is 631 cm³/mol. The van der Waals surface area contributed by atoms with E-state index in [4.69, 9.17) is 0 Å². The van der Waals surface area contributed by atoms with Crippen LogP contribution in [0, 0.1) is 0 Å². The average molecular weight is 1900 g/mol. The zero-order valence-corrected chi connectivity index (χ0v) is 82.1. The van der Waals surface area contributed by atoms with Crippen molar-refractivity contribution in [1.29, 1.82) is 0 Å². The number of rotatable bonds is 12. The Morgan fingerprint density at radius 1 is 0.127 bits per heavy atom. The maximum Gasteiger partial charge on any atom is 0.329 e. The molecule has 9 heterocycles. The molecule has 3 aromatic heterocycles. The molecule has 0 aliphatic carbocycles. The molecule has 696 valence electrons. The molecular weight excluding hydrogens is 1810 g/mol. The van der Waals surface area contributed by atoms with Crippen LogP contribution in [-0.4, -0.2) is 35.5 Å². The van der Waals surface area contributed by atoms with E-state index in [9.17, 15) is 0 Å². The van der Waals surface area contributed by atoms with E-state index in [0.29, 0.717) is 0 Å². The monoisotopic (exact) mass is 1900 g/mol. The first-order valence-electron chi connectivity index (χ1n) is 51.7. The van der Waals surface area contributed by atoms with E-state index >= 15 is 0 Å². The summed E-state index contributed by atoms with van der Waals surface area (Å²) in [6.45, 7) is 0.0856. The Bertz CT molecular complexity index is 8440. The Morgan fingerprint density at radius 2 is 0.347 bits per heavy atom. The molecule has 24 aromatic rings. The minimum Gasteiger partial charge on any atom is -0.376 e. The van der Waals surface area contributed by atoms with Crippen molar-refractivity contribution in [2.45, 2.75) is 0 Å². The number of fused-ring (bicyclic) bond motifs is 33. The highest BCUT2D eigenvalue weighted by atomic mass is 15.1. The number of nitrogens with zero attached hydrogens (tertiary/aromatic N) is 6. The minimum atomic E-state index is 0.0269. The number of anilines is 6. The smallest absolute Gasteiger partial charge is 0.329 e. The molecule has 6 aliphatic rings. The van der Waals surface area contributed by atoms with E-state index in [1.165, 1.54) is 250 Å². The Kier molecular flexibility index (Phi) is 22.2. The van der Waals surface area contributed by atoms with Gasteiger partial charge in [0.2, 0.25) is 0 Å². The second kappa shape index (κ2) is 37.7. The van der Waals surface area contributed by atoms with Gasteiger partial charge in [-0.3, -0.25) is 15.0 Å². The molecule has 0 radical (unpaired) electrons. The molecule has 0 fully saturated rings. The summed E-state index contributed by atoms with van der Waals surface area (Å²) in [5.41, 5.74) is 59.4. The maximum absolute atomic E-state index is 4.56. The van der Waals surface area contributed by atoms with Gasteiger partial charge in [-0.1, -0.05) is 431 Å². The molecular formula is C141H93B3N6. The second-order valence-electron chi connectivity index (χ2n) is 39.5. The van der Waals surface area contributed by atoms with Crippen LogP contribution in [0.5, 0.6) is 0 Å². The van der Waals surface area contributed by atoms with Gasteiger partial charge < -0.3 is 14.4 Å². The van der Waals surface area contributed by atoms with Crippen molar-refractivity contribution in [2.24, 2.45) is 0 Å². The molecule has 0 bridgehead atoms. The topological polar surface area (TPSA) is 48.4 Å². The van der Waals surface area contributed by atoms with Gasteiger partial charge in [0, 0.05) is 104 Å². The molecule has 0 unspecified atom stereocenters. The molecule has 0 saturated carbocycles. The summed E-state index contributed by atoms with van der Waals surface area (Å²) in [5, 5.41) is 0. The van der Waals surface area contributed by atoms with Gasteiger partial charge in [0.1, 0.15) is 0 Å². The number of aromatic nitrogens is 3. The van der Waals surface area contributed by atoms with Gasteiger partial charge in [-0.25, -0.2) is 0 Å². The van der Waals surface area contributed by atoms with Crippen molar-refractivity contribution in [3.63, 3.8) is 0 Å². The van der Waals surface area contributed by atoms with Gasteiger partial charge in [-0.05, 0) is 292 Å². The first-order valence-corrected chi connectivity index (χ1v) is 51.7. The Hall–Kier alpha value is -19.3.